The van der Waals surface area contributed by atoms with Crippen molar-refractivity contribution in [3.8, 4) is 11.5 Å². The Labute approximate surface area is 392 Å². The first-order valence-corrected chi connectivity index (χ1v) is 25.5. The quantitative estimate of drug-likeness (QED) is 0.277. The first-order chi connectivity index (χ1) is 30.6. The Morgan fingerprint density at radius 3 is 2.02 bits per heavy atom. The molecule has 11 rings (SSSR count). The molecule has 0 spiro atoms. The standard InChI is InChI=1S/C58H74O8/c1-32-26-41-49(4,30-38(32)60)19-23-53(8)40-15-14-34-35(51(40,6)20-24-54(41,53)9)28-44(61)58(63)57(34,12)65-39-27-36-45(33(2)46(39)66-58)37(59)29-42-52(36,7)21-25-56(11)43-31-50(5,47(62)64-13)17-16-48(43,3)18-22-55(42,56)10/h14-15,27-29,32,41,43,63H,16-26,30-31H2,1-13H3/t32-,41-,43-,48-,49+,50-,51+,52+,53-,54+,55-,56+,57+,58-/m1/s1. The molecule has 0 aromatic heterocycles. The zero-order chi connectivity index (χ0) is 47.6. The first kappa shape index (κ1) is 44.7. The van der Waals surface area contributed by atoms with Crippen LogP contribution in [0.4, 0.5) is 0 Å². The van der Waals surface area contributed by atoms with E-state index in [0.717, 1.165) is 93.8 Å². The third kappa shape index (κ3) is 4.92. The molecule has 0 bridgehead atoms. The van der Waals surface area contributed by atoms with Gasteiger partial charge in [-0.2, -0.15) is 0 Å². The molecule has 1 aromatic carbocycles. The average molecular weight is 899 g/mol. The van der Waals surface area contributed by atoms with Crippen LogP contribution in [0.5, 0.6) is 11.5 Å². The summed E-state index contributed by atoms with van der Waals surface area (Å²) in [6.07, 6.45) is 19.6. The second-order valence-electron chi connectivity index (χ2n) is 26.3. The summed E-state index contributed by atoms with van der Waals surface area (Å²) >= 11 is 0. The number of fused-ring (bicyclic) bond motifs is 17. The number of carbonyl (C=O) groups excluding carboxylic acids is 4. The lowest BCUT2D eigenvalue weighted by Crippen LogP contribution is -2.70. The number of hydrogen-bond acceptors (Lipinski definition) is 8. The molecule has 8 heteroatoms. The Balaban J connectivity index is 0.986. The van der Waals surface area contributed by atoms with Crippen molar-refractivity contribution in [2.75, 3.05) is 7.11 Å². The van der Waals surface area contributed by atoms with Crippen molar-refractivity contribution in [3.63, 3.8) is 0 Å². The maximum atomic E-state index is 14.8. The SMILES string of the molecule is COC(=O)[C@]1(C)CC[C@]2(C)CC[C@]3(C)C4=CC(=O)c5c(cc6c(c5C)O[C@]5(O)C(=O)C=C7C(=CC=C8[C@@]7(C)CC[C@@]7(C)[C@@H]9C[C@@H](C)C(=O)C[C@]9(C)CC[C@]87C)[C@]5(C)O6)[C@]4(C)CC[C@@]3(C)[C@@H]2C1. The fraction of sp³-hybridized carbons (Fsp3) is 0.690. The van der Waals surface area contributed by atoms with Crippen molar-refractivity contribution in [2.45, 2.75) is 183 Å². The molecular formula is C58H74O8. The lowest BCUT2D eigenvalue weighted by Gasteiger charge is -2.69. The number of benzene rings is 1. The van der Waals surface area contributed by atoms with Gasteiger partial charge in [-0.15, -0.1) is 0 Å². The molecule has 1 aromatic rings. The smallest absolute Gasteiger partial charge is 0.317 e. The highest BCUT2D eigenvalue weighted by Gasteiger charge is 2.72. The maximum Gasteiger partial charge on any atom is 0.317 e. The zero-order valence-electron chi connectivity index (χ0n) is 42.1. The van der Waals surface area contributed by atoms with Crippen LogP contribution in [0, 0.1) is 68.0 Å². The van der Waals surface area contributed by atoms with Gasteiger partial charge in [0.1, 0.15) is 5.78 Å². The van der Waals surface area contributed by atoms with Crippen LogP contribution >= 0.6 is 0 Å². The minimum Gasteiger partial charge on any atom is -0.471 e. The van der Waals surface area contributed by atoms with E-state index in [1.54, 1.807) is 13.0 Å². The predicted octanol–water partition coefficient (Wildman–Crippen LogP) is 11.8. The second-order valence-corrected chi connectivity index (χ2v) is 26.3. The van der Waals surface area contributed by atoms with Crippen LogP contribution < -0.4 is 9.47 Å². The van der Waals surface area contributed by atoms with Gasteiger partial charge in [0.2, 0.25) is 11.4 Å². The molecule has 8 nitrogen and oxygen atoms in total. The Hall–Kier alpha value is -3.78. The van der Waals surface area contributed by atoms with Gasteiger partial charge >= 0.3 is 11.8 Å². The van der Waals surface area contributed by atoms with E-state index in [0.29, 0.717) is 35.0 Å². The molecule has 1 aliphatic heterocycles. The number of ether oxygens (including phenoxy) is 3. The van der Waals surface area contributed by atoms with Crippen LogP contribution in [0.25, 0.3) is 0 Å². The lowest BCUT2D eigenvalue weighted by atomic mass is 9.34. The Morgan fingerprint density at radius 1 is 0.712 bits per heavy atom. The second kappa shape index (κ2) is 12.9. The van der Waals surface area contributed by atoms with Gasteiger partial charge < -0.3 is 19.3 Å². The molecule has 1 N–H and O–H groups in total. The van der Waals surface area contributed by atoms with Crippen molar-refractivity contribution < 1.29 is 38.5 Å². The molecule has 10 aliphatic rings. The molecular weight excluding hydrogens is 825 g/mol. The van der Waals surface area contributed by atoms with Crippen molar-refractivity contribution in [2.24, 2.45) is 61.1 Å². The largest absolute Gasteiger partial charge is 0.471 e. The van der Waals surface area contributed by atoms with Crippen LogP contribution in [0.2, 0.25) is 0 Å². The number of hydrogen-bond donors (Lipinski definition) is 1. The lowest BCUT2D eigenvalue weighted by molar-refractivity contribution is -0.231. The number of Topliss-reactive ketones (excluding diaryl/α,β-unsaturated/α-hetero) is 1. The van der Waals surface area contributed by atoms with Crippen molar-refractivity contribution >= 4 is 23.3 Å². The Kier molecular flexibility index (Phi) is 8.73. The van der Waals surface area contributed by atoms with E-state index in [-0.39, 0.29) is 61.8 Å². The zero-order valence-corrected chi connectivity index (χ0v) is 42.1. The topological polar surface area (TPSA) is 116 Å². The summed E-state index contributed by atoms with van der Waals surface area (Å²) in [4.78, 5) is 56.0. The molecule has 6 fully saturated rings. The maximum absolute atomic E-state index is 14.8. The van der Waals surface area contributed by atoms with Crippen LogP contribution in [0.15, 0.2) is 52.7 Å². The minimum absolute atomic E-state index is 0.0157. The molecule has 0 saturated heterocycles. The number of aliphatic hydroxyl groups is 1. The number of carbonyl (C=O) groups is 4. The van der Waals surface area contributed by atoms with E-state index < -0.39 is 33.4 Å². The number of ketones is 3. The molecule has 0 radical (unpaired) electrons. The molecule has 354 valence electrons. The molecule has 1 heterocycles. The van der Waals surface area contributed by atoms with Gasteiger partial charge in [-0.25, -0.2) is 0 Å². The van der Waals surface area contributed by atoms with Crippen LogP contribution in [-0.2, 0) is 24.5 Å². The molecule has 66 heavy (non-hydrogen) atoms. The molecule has 0 amide bonds. The van der Waals surface area contributed by atoms with Crippen LogP contribution in [0.1, 0.15) is 181 Å². The van der Waals surface area contributed by atoms with Gasteiger partial charge in [0.05, 0.1) is 12.5 Å². The minimum atomic E-state index is -2.36. The van der Waals surface area contributed by atoms with E-state index in [1.807, 2.05) is 19.1 Å². The summed E-state index contributed by atoms with van der Waals surface area (Å²) in [5, 5.41) is 12.7. The van der Waals surface area contributed by atoms with E-state index in [9.17, 15) is 24.3 Å². The highest BCUT2D eigenvalue weighted by molar-refractivity contribution is 6.10. The predicted molar refractivity (Wildman–Crippen MR) is 253 cm³/mol. The van der Waals surface area contributed by atoms with Gasteiger partial charge in [-0.05, 0) is 177 Å². The normalized spacial score (nSPS) is 49.5. The third-order valence-corrected chi connectivity index (χ3v) is 23.3. The fourth-order valence-corrected chi connectivity index (χ4v) is 18.4. The van der Waals surface area contributed by atoms with E-state index in [4.69, 9.17) is 14.2 Å². The van der Waals surface area contributed by atoms with Crippen molar-refractivity contribution in [1.29, 1.82) is 0 Å². The van der Waals surface area contributed by atoms with Crippen molar-refractivity contribution in [3.05, 3.63) is 69.4 Å². The van der Waals surface area contributed by atoms with Crippen LogP contribution in [-0.4, -0.2) is 46.9 Å². The molecule has 0 unspecified atom stereocenters. The highest BCUT2D eigenvalue weighted by atomic mass is 16.7. The number of esters is 1. The number of methoxy groups -OCH3 is 1. The Morgan fingerprint density at radius 2 is 1.33 bits per heavy atom. The summed E-state index contributed by atoms with van der Waals surface area (Å²) in [7, 11) is 1.51. The fourth-order valence-electron chi connectivity index (χ4n) is 18.4. The summed E-state index contributed by atoms with van der Waals surface area (Å²) in [6.45, 7) is 27.0. The summed E-state index contributed by atoms with van der Waals surface area (Å²) in [5.41, 5.74) is 2.53. The van der Waals surface area contributed by atoms with Gasteiger partial charge in [0.15, 0.2) is 17.3 Å². The molecule has 6 saturated carbocycles. The Bertz CT molecular complexity index is 2630. The van der Waals surface area contributed by atoms with E-state index in [1.165, 1.54) is 18.3 Å². The number of allylic oxidation sites excluding steroid dienone is 5. The van der Waals surface area contributed by atoms with E-state index >= 15 is 0 Å². The van der Waals surface area contributed by atoms with Crippen molar-refractivity contribution in [1.82, 2.24) is 0 Å². The van der Waals surface area contributed by atoms with Gasteiger partial charge in [-0.1, -0.05) is 80.0 Å². The summed E-state index contributed by atoms with van der Waals surface area (Å²) in [6, 6.07) is 2.01. The van der Waals surface area contributed by atoms with E-state index in [2.05, 4.69) is 81.4 Å². The van der Waals surface area contributed by atoms with Crippen LogP contribution in [0.3, 0.4) is 0 Å². The van der Waals surface area contributed by atoms with Gasteiger partial charge in [-0.3, -0.25) is 19.2 Å². The average Bonchev–Trinajstić information content (AvgIpc) is 3.25. The summed E-state index contributed by atoms with van der Waals surface area (Å²) < 4.78 is 19.3. The first-order valence-electron chi connectivity index (χ1n) is 25.5. The monoisotopic (exact) mass is 899 g/mol. The highest BCUT2D eigenvalue weighted by Crippen LogP contribution is 2.77. The van der Waals surface area contributed by atoms with Gasteiger partial charge in [0, 0.05) is 39.9 Å². The third-order valence-electron chi connectivity index (χ3n) is 23.3. The molecule has 9 aliphatic carbocycles. The summed E-state index contributed by atoms with van der Waals surface area (Å²) in [5.74, 6) is -1.29. The van der Waals surface area contributed by atoms with Gasteiger partial charge in [0.25, 0.3) is 0 Å². The number of rotatable bonds is 1. The molecule has 14 atom stereocenters.